The third kappa shape index (κ3) is 6.09. The van der Waals surface area contributed by atoms with Crippen molar-refractivity contribution in [2.75, 3.05) is 31.7 Å². The van der Waals surface area contributed by atoms with E-state index in [4.69, 9.17) is 14.2 Å². The van der Waals surface area contributed by atoms with Gasteiger partial charge in [-0.3, -0.25) is 9.59 Å². The van der Waals surface area contributed by atoms with E-state index in [9.17, 15) is 9.59 Å². The van der Waals surface area contributed by atoms with Crippen LogP contribution in [-0.4, -0.2) is 50.4 Å². The molecule has 0 spiro atoms. The highest BCUT2D eigenvalue weighted by Crippen LogP contribution is 2.27. The highest BCUT2D eigenvalue weighted by Gasteiger charge is 2.18. The highest BCUT2D eigenvalue weighted by molar-refractivity contribution is 9.10. The molecule has 2 fully saturated rings. The molecule has 32 heavy (non-hydrogen) atoms. The van der Waals surface area contributed by atoms with Crippen LogP contribution in [0.4, 0.5) is 5.69 Å². The molecule has 2 N–H and O–H groups in total. The molecule has 0 radical (unpaired) electrons. The van der Waals surface area contributed by atoms with Crippen LogP contribution in [-0.2, 0) is 9.47 Å². The van der Waals surface area contributed by atoms with Crippen molar-refractivity contribution in [3.8, 4) is 5.75 Å². The number of benzene rings is 2. The van der Waals surface area contributed by atoms with E-state index in [1.807, 2.05) is 0 Å². The molecular weight excluding hydrogens is 476 g/mol. The molecule has 0 saturated carbocycles. The predicted octanol–water partition coefficient (Wildman–Crippen LogP) is 4.17. The van der Waals surface area contributed by atoms with Crippen LogP contribution in [0.1, 0.15) is 46.4 Å². The van der Waals surface area contributed by atoms with Crippen LogP contribution in [0.15, 0.2) is 46.9 Å². The number of ether oxygens (including phenoxy) is 3. The Morgan fingerprint density at radius 1 is 0.938 bits per heavy atom. The summed E-state index contributed by atoms with van der Waals surface area (Å²) in [5.74, 6) is 0.281. The van der Waals surface area contributed by atoms with Gasteiger partial charge in [0.1, 0.15) is 12.4 Å². The molecule has 2 atom stereocenters. The van der Waals surface area contributed by atoms with Gasteiger partial charge in [-0.2, -0.15) is 0 Å². The fraction of sp³-hybridized carbons (Fsp3) is 0.417. The molecule has 2 aromatic carbocycles. The molecule has 2 unspecified atom stereocenters. The van der Waals surface area contributed by atoms with Gasteiger partial charge in [0, 0.05) is 36.6 Å². The lowest BCUT2D eigenvalue weighted by atomic mass is 10.1. The zero-order valence-corrected chi connectivity index (χ0v) is 19.4. The first-order valence-electron chi connectivity index (χ1n) is 10.9. The summed E-state index contributed by atoms with van der Waals surface area (Å²) >= 11 is 3.48. The highest BCUT2D eigenvalue weighted by atomic mass is 79.9. The minimum absolute atomic E-state index is 0.102. The third-order valence-electron chi connectivity index (χ3n) is 5.56. The van der Waals surface area contributed by atoms with Crippen molar-refractivity contribution in [1.82, 2.24) is 5.32 Å². The van der Waals surface area contributed by atoms with Crippen molar-refractivity contribution in [3.63, 3.8) is 0 Å². The van der Waals surface area contributed by atoms with Gasteiger partial charge < -0.3 is 24.8 Å². The van der Waals surface area contributed by atoms with Gasteiger partial charge >= 0.3 is 0 Å². The molecule has 4 rings (SSSR count). The van der Waals surface area contributed by atoms with E-state index in [0.717, 1.165) is 38.9 Å². The second-order valence-electron chi connectivity index (χ2n) is 7.97. The largest absolute Gasteiger partial charge is 0.490 e. The lowest BCUT2D eigenvalue weighted by molar-refractivity contribution is 0.0677. The van der Waals surface area contributed by atoms with Crippen LogP contribution in [0.2, 0.25) is 0 Å². The molecule has 8 heteroatoms. The summed E-state index contributed by atoms with van der Waals surface area (Å²) in [6.45, 7) is 2.56. The summed E-state index contributed by atoms with van der Waals surface area (Å²) in [6.07, 6.45) is 4.32. The van der Waals surface area contributed by atoms with Gasteiger partial charge in [-0.1, -0.05) is 0 Å². The lowest BCUT2D eigenvalue weighted by Gasteiger charge is -2.13. The van der Waals surface area contributed by atoms with Gasteiger partial charge in [0.2, 0.25) is 0 Å². The van der Waals surface area contributed by atoms with Crippen molar-refractivity contribution < 1.29 is 23.8 Å². The van der Waals surface area contributed by atoms with Gasteiger partial charge in [0.15, 0.2) is 0 Å². The van der Waals surface area contributed by atoms with Crippen LogP contribution in [0.3, 0.4) is 0 Å². The molecule has 170 valence electrons. The number of halogens is 1. The average molecular weight is 503 g/mol. The number of anilines is 1. The van der Waals surface area contributed by atoms with Crippen LogP contribution in [0.5, 0.6) is 5.75 Å². The van der Waals surface area contributed by atoms with Crippen molar-refractivity contribution in [2.24, 2.45) is 0 Å². The van der Waals surface area contributed by atoms with Crippen LogP contribution >= 0.6 is 15.9 Å². The van der Waals surface area contributed by atoms with Gasteiger partial charge in [0.25, 0.3) is 11.8 Å². The topological polar surface area (TPSA) is 85.9 Å². The van der Waals surface area contributed by atoms with E-state index in [-0.39, 0.29) is 24.0 Å². The Bertz CT molecular complexity index is 938. The first-order chi connectivity index (χ1) is 15.6. The van der Waals surface area contributed by atoms with Gasteiger partial charge in [-0.15, -0.1) is 0 Å². The van der Waals surface area contributed by atoms with Crippen molar-refractivity contribution in [2.45, 2.75) is 37.9 Å². The minimum Gasteiger partial charge on any atom is -0.490 e. The summed E-state index contributed by atoms with van der Waals surface area (Å²) in [5, 5.41) is 5.74. The number of hydrogen-bond acceptors (Lipinski definition) is 5. The molecule has 0 aromatic heterocycles. The molecule has 7 nitrogen and oxygen atoms in total. The number of carbonyl (C=O) groups excluding carboxylic acids is 2. The van der Waals surface area contributed by atoms with Crippen molar-refractivity contribution in [3.05, 3.63) is 58.1 Å². The molecular formula is C24H27BrN2O5. The van der Waals surface area contributed by atoms with Gasteiger partial charge in [0.05, 0.1) is 16.7 Å². The fourth-order valence-electron chi connectivity index (χ4n) is 3.74. The van der Waals surface area contributed by atoms with E-state index >= 15 is 0 Å². The Balaban J connectivity index is 1.29. The Hall–Kier alpha value is -2.42. The standard InChI is InChI=1S/C24H27BrN2O5/c25-21-13-17(7-10-22(21)32-15-20-4-2-12-31-20)24(29)27-18-8-5-16(6-9-18)23(28)26-14-19-3-1-11-30-19/h5-10,13,19-20H,1-4,11-12,14-15H2,(H,26,28)(H,27,29). The molecule has 2 aliphatic heterocycles. The minimum atomic E-state index is -0.244. The van der Waals surface area contributed by atoms with Gasteiger partial charge in [-0.05, 0) is 84.1 Å². The second kappa shape index (κ2) is 10.9. The third-order valence-corrected chi connectivity index (χ3v) is 6.18. The molecule has 0 bridgehead atoms. The number of hydrogen-bond donors (Lipinski definition) is 2. The lowest BCUT2D eigenvalue weighted by Crippen LogP contribution is -2.31. The number of carbonyl (C=O) groups is 2. The maximum atomic E-state index is 12.6. The van der Waals surface area contributed by atoms with Crippen molar-refractivity contribution in [1.29, 1.82) is 0 Å². The smallest absolute Gasteiger partial charge is 0.255 e. The second-order valence-corrected chi connectivity index (χ2v) is 8.82. The molecule has 0 aliphatic carbocycles. The van der Waals surface area contributed by atoms with Crippen molar-refractivity contribution >= 4 is 33.4 Å². The monoisotopic (exact) mass is 502 g/mol. The zero-order valence-electron chi connectivity index (χ0n) is 17.8. The Morgan fingerprint density at radius 2 is 1.62 bits per heavy atom. The Labute approximate surface area is 195 Å². The quantitative estimate of drug-likeness (QED) is 0.565. The average Bonchev–Trinajstić information content (AvgIpc) is 3.51. The predicted molar refractivity (Wildman–Crippen MR) is 124 cm³/mol. The normalized spacial score (nSPS) is 20.2. The Kier molecular flexibility index (Phi) is 7.78. The number of nitrogens with one attached hydrogen (secondary N) is 2. The molecule has 2 saturated heterocycles. The van der Waals surface area contributed by atoms with E-state index in [1.54, 1.807) is 42.5 Å². The van der Waals surface area contributed by atoms with Crippen LogP contribution in [0.25, 0.3) is 0 Å². The molecule has 2 amide bonds. The maximum absolute atomic E-state index is 12.6. The summed E-state index contributed by atoms with van der Waals surface area (Å²) < 4.78 is 17.6. The van der Waals surface area contributed by atoms with E-state index in [2.05, 4.69) is 26.6 Å². The summed E-state index contributed by atoms with van der Waals surface area (Å²) in [6, 6.07) is 12.0. The Morgan fingerprint density at radius 3 is 2.28 bits per heavy atom. The summed E-state index contributed by atoms with van der Waals surface area (Å²) in [5.41, 5.74) is 1.65. The van der Waals surface area contributed by atoms with Crippen LogP contribution < -0.4 is 15.4 Å². The SMILES string of the molecule is O=C(NCC1CCCO1)c1ccc(NC(=O)c2ccc(OCC3CCCO3)c(Br)c2)cc1. The molecule has 2 aromatic rings. The summed E-state index contributed by atoms with van der Waals surface area (Å²) in [4.78, 5) is 24.9. The van der Waals surface area contributed by atoms with E-state index in [1.165, 1.54) is 0 Å². The summed E-state index contributed by atoms with van der Waals surface area (Å²) in [7, 11) is 0. The zero-order chi connectivity index (χ0) is 22.3. The van der Waals surface area contributed by atoms with Gasteiger partial charge in [-0.25, -0.2) is 0 Å². The van der Waals surface area contributed by atoms with E-state index < -0.39 is 0 Å². The fourth-order valence-corrected chi connectivity index (χ4v) is 4.23. The molecule has 2 aliphatic rings. The maximum Gasteiger partial charge on any atom is 0.255 e. The van der Waals surface area contributed by atoms with Crippen LogP contribution in [0, 0.1) is 0 Å². The van der Waals surface area contributed by atoms with E-state index in [0.29, 0.717) is 40.2 Å². The first kappa shape index (κ1) is 22.8. The number of amides is 2. The first-order valence-corrected chi connectivity index (χ1v) is 11.7. The number of rotatable bonds is 8. The molecule has 2 heterocycles.